The van der Waals surface area contributed by atoms with Crippen molar-refractivity contribution in [2.24, 2.45) is 0 Å². The summed E-state index contributed by atoms with van der Waals surface area (Å²) >= 11 is 0. The van der Waals surface area contributed by atoms with E-state index in [1.54, 1.807) is 24.3 Å². The summed E-state index contributed by atoms with van der Waals surface area (Å²) in [5.41, 5.74) is 1.48. The monoisotopic (exact) mass is 289 g/mol. The number of benzene rings is 1. The Hall–Kier alpha value is -2.40. The summed E-state index contributed by atoms with van der Waals surface area (Å²) in [5, 5.41) is 2.71. The normalized spacial score (nSPS) is 12.5. The van der Waals surface area contributed by atoms with E-state index in [1.807, 2.05) is 0 Å². The van der Waals surface area contributed by atoms with Gasteiger partial charge in [-0.05, 0) is 29.8 Å². The zero-order valence-corrected chi connectivity index (χ0v) is 11.6. The molecule has 0 radical (unpaired) electrons. The van der Waals surface area contributed by atoms with Crippen molar-refractivity contribution in [3.05, 3.63) is 65.9 Å². The third-order valence-corrected chi connectivity index (χ3v) is 2.94. The Morgan fingerprint density at radius 2 is 2.33 bits per heavy atom. The maximum atomic E-state index is 13.2. The van der Waals surface area contributed by atoms with E-state index < -0.39 is 6.10 Å². The molecule has 1 amide bonds. The molecule has 0 aliphatic rings. The Labute approximate surface area is 122 Å². The van der Waals surface area contributed by atoms with Gasteiger partial charge >= 0.3 is 0 Å². The highest BCUT2D eigenvalue weighted by Gasteiger charge is 2.11. The summed E-state index contributed by atoms with van der Waals surface area (Å²) in [4.78, 5) is 11.7. The molecule has 0 spiro atoms. The minimum absolute atomic E-state index is 0.255. The number of hydrogen-bond acceptors (Lipinski definition) is 3. The summed E-state index contributed by atoms with van der Waals surface area (Å²) in [5.74, 6) is -0.588. The van der Waals surface area contributed by atoms with Crippen molar-refractivity contribution in [1.29, 1.82) is 0 Å². The van der Waals surface area contributed by atoms with Crippen LogP contribution in [0.4, 0.5) is 4.39 Å². The molecule has 1 heterocycles. The molecule has 0 fully saturated rings. The first-order valence-electron chi connectivity index (χ1n) is 6.45. The minimum Gasteiger partial charge on any atom is -0.472 e. The van der Waals surface area contributed by atoms with Gasteiger partial charge in [-0.3, -0.25) is 4.79 Å². The van der Waals surface area contributed by atoms with Crippen molar-refractivity contribution in [3.63, 3.8) is 0 Å². The van der Waals surface area contributed by atoms with Gasteiger partial charge in [0.05, 0.1) is 18.6 Å². The lowest BCUT2D eigenvalue weighted by atomic mass is 10.1. The molecule has 21 heavy (non-hydrogen) atoms. The molecule has 0 aliphatic carbocycles. The Morgan fingerprint density at radius 1 is 1.48 bits per heavy atom. The van der Waals surface area contributed by atoms with Crippen molar-refractivity contribution >= 4 is 12.0 Å². The van der Waals surface area contributed by atoms with Crippen molar-refractivity contribution < 1.29 is 18.3 Å². The zero-order valence-electron chi connectivity index (χ0n) is 11.6. The molecule has 2 rings (SSSR count). The van der Waals surface area contributed by atoms with Gasteiger partial charge in [-0.15, -0.1) is 0 Å². The fourth-order valence-electron chi connectivity index (χ4n) is 1.84. The highest BCUT2D eigenvalue weighted by atomic mass is 19.1. The molecule has 0 aliphatic heterocycles. The van der Waals surface area contributed by atoms with Gasteiger partial charge in [0.25, 0.3) is 0 Å². The van der Waals surface area contributed by atoms with Crippen molar-refractivity contribution in [3.8, 4) is 0 Å². The molecule has 1 unspecified atom stereocenters. The molecule has 1 atom stereocenters. The molecule has 2 aromatic rings. The van der Waals surface area contributed by atoms with Crippen molar-refractivity contribution in [2.75, 3.05) is 13.7 Å². The first-order valence-corrected chi connectivity index (χ1v) is 6.45. The third kappa shape index (κ3) is 4.57. The molecular weight excluding hydrogens is 273 g/mol. The summed E-state index contributed by atoms with van der Waals surface area (Å²) in [6.45, 7) is 0.258. The molecule has 4 nitrogen and oxygen atoms in total. The summed E-state index contributed by atoms with van der Waals surface area (Å²) in [6, 6.07) is 7.86. The van der Waals surface area contributed by atoms with E-state index in [9.17, 15) is 9.18 Å². The van der Waals surface area contributed by atoms with E-state index in [1.165, 1.54) is 37.8 Å². The molecular formula is C16H16FNO3. The van der Waals surface area contributed by atoms with E-state index in [-0.39, 0.29) is 18.3 Å². The first kappa shape index (κ1) is 15.0. The lowest BCUT2D eigenvalue weighted by Gasteiger charge is -2.16. The molecule has 0 bridgehead atoms. The van der Waals surface area contributed by atoms with Gasteiger partial charge in [-0.25, -0.2) is 4.39 Å². The SMILES string of the molecule is COC(CNC(=O)/C=C/c1ccoc1)c1cccc(F)c1. The maximum Gasteiger partial charge on any atom is 0.244 e. The van der Waals surface area contributed by atoms with Crippen LogP contribution in [0.1, 0.15) is 17.2 Å². The van der Waals surface area contributed by atoms with Gasteiger partial charge in [0.1, 0.15) is 5.82 Å². The number of hydrogen-bond donors (Lipinski definition) is 1. The highest BCUT2D eigenvalue weighted by Crippen LogP contribution is 2.16. The van der Waals surface area contributed by atoms with Gasteiger partial charge < -0.3 is 14.5 Å². The Balaban J connectivity index is 1.89. The molecule has 0 saturated carbocycles. The van der Waals surface area contributed by atoms with Crippen LogP contribution in [0.3, 0.4) is 0 Å². The fourth-order valence-corrected chi connectivity index (χ4v) is 1.84. The highest BCUT2D eigenvalue weighted by molar-refractivity contribution is 5.91. The van der Waals surface area contributed by atoms with Crippen molar-refractivity contribution in [1.82, 2.24) is 5.32 Å². The minimum atomic E-state index is -0.396. The number of methoxy groups -OCH3 is 1. The number of furan rings is 1. The Morgan fingerprint density at radius 3 is 3.00 bits per heavy atom. The van der Waals surface area contributed by atoms with Crippen LogP contribution in [-0.4, -0.2) is 19.6 Å². The quantitative estimate of drug-likeness (QED) is 0.832. The van der Waals surface area contributed by atoms with E-state index in [0.29, 0.717) is 5.56 Å². The summed E-state index contributed by atoms with van der Waals surface area (Å²) in [7, 11) is 1.52. The van der Waals surface area contributed by atoms with Crippen molar-refractivity contribution in [2.45, 2.75) is 6.10 Å². The molecule has 1 aromatic carbocycles. The number of ether oxygens (including phenoxy) is 1. The number of halogens is 1. The molecule has 0 saturated heterocycles. The van der Waals surface area contributed by atoms with Gasteiger partial charge in [-0.2, -0.15) is 0 Å². The number of rotatable bonds is 6. The van der Waals surface area contributed by atoms with Crippen LogP contribution in [0.25, 0.3) is 6.08 Å². The Bertz CT molecular complexity index is 608. The molecule has 1 aromatic heterocycles. The van der Waals surface area contributed by atoms with Gasteiger partial charge in [0, 0.05) is 25.3 Å². The van der Waals surface area contributed by atoms with Gasteiger partial charge in [-0.1, -0.05) is 12.1 Å². The second kappa shape index (κ2) is 7.40. The van der Waals surface area contributed by atoms with E-state index in [0.717, 1.165) is 5.56 Å². The maximum absolute atomic E-state index is 13.2. The smallest absolute Gasteiger partial charge is 0.244 e. The van der Waals surface area contributed by atoms with E-state index >= 15 is 0 Å². The fraction of sp³-hybridized carbons (Fsp3) is 0.188. The summed E-state index contributed by atoms with van der Waals surface area (Å²) < 4.78 is 23.3. The largest absolute Gasteiger partial charge is 0.472 e. The van der Waals surface area contributed by atoms with Crippen LogP contribution in [0, 0.1) is 5.82 Å². The van der Waals surface area contributed by atoms with Gasteiger partial charge in [0.15, 0.2) is 0 Å². The van der Waals surface area contributed by atoms with Crippen LogP contribution in [-0.2, 0) is 9.53 Å². The zero-order chi connectivity index (χ0) is 15.1. The van der Waals surface area contributed by atoms with Gasteiger partial charge in [0.2, 0.25) is 5.91 Å². The topological polar surface area (TPSA) is 51.5 Å². The number of carbonyl (C=O) groups excluding carboxylic acids is 1. The molecule has 110 valence electrons. The molecule has 1 N–H and O–H groups in total. The third-order valence-electron chi connectivity index (χ3n) is 2.94. The van der Waals surface area contributed by atoms with Crippen LogP contribution in [0.5, 0.6) is 0 Å². The molecule has 5 heteroatoms. The van der Waals surface area contributed by atoms with E-state index in [4.69, 9.17) is 9.15 Å². The van der Waals surface area contributed by atoms with Crippen LogP contribution < -0.4 is 5.32 Å². The number of carbonyl (C=O) groups is 1. The lowest BCUT2D eigenvalue weighted by Crippen LogP contribution is -2.27. The average Bonchev–Trinajstić information content (AvgIpc) is 2.99. The standard InChI is InChI=1S/C16H16FNO3/c1-20-15(13-3-2-4-14(17)9-13)10-18-16(19)6-5-12-7-8-21-11-12/h2-9,11,15H,10H2,1H3,(H,18,19)/b6-5+. The number of nitrogens with one attached hydrogen (secondary N) is 1. The van der Waals surface area contributed by atoms with E-state index in [2.05, 4.69) is 5.32 Å². The second-order valence-electron chi connectivity index (χ2n) is 4.41. The van der Waals surface area contributed by atoms with Crippen LogP contribution >= 0.6 is 0 Å². The predicted molar refractivity (Wildman–Crippen MR) is 76.9 cm³/mol. The lowest BCUT2D eigenvalue weighted by molar-refractivity contribution is -0.117. The van der Waals surface area contributed by atoms with Crippen LogP contribution in [0.2, 0.25) is 0 Å². The Kier molecular flexibility index (Phi) is 5.29. The number of amides is 1. The predicted octanol–water partition coefficient (Wildman–Crippen LogP) is 2.94. The first-order chi connectivity index (χ1) is 10.2. The summed E-state index contributed by atoms with van der Waals surface area (Å²) in [6.07, 6.45) is 5.72. The average molecular weight is 289 g/mol. The van der Waals surface area contributed by atoms with Crippen LogP contribution in [0.15, 0.2) is 53.4 Å². The second-order valence-corrected chi connectivity index (χ2v) is 4.41.